The van der Waals surface area contributed by atoms with E-state index >= 15 is 0 Å². The fourth-order valence-corrected chi connectivity index (χ4v) is 2.61. The third-order valence-corrected chi connectivity index (χ3v) is 4.48. The predicted octanol–water partition coefficient (Wildman–Crippen LogP) is 3.69. The second-order valence-corrected chi connectivity index (χ2v) is 6.90. The van der Waals surface area contributed by atoms with E-state index in [1.54, 1.807) is 36.2 Å². The van der Waals surface area contributed by atoms with Crippen LogP contribution in [0.2, 0.25) is 5.02 Å². The summed E-state index contributed by atoms with van der Waals surface area (Å²) >= 11 is 5.83. The van der Waals surface area contributed by atoms with Gasteiger partial charge in [-0.2, -0.15) is 4.98 Å². The first kappa shape index (κ1) is 20.7. The number of benzene rings is 2. The van der Waals surface area contributed by atoms with Crippen LogP contribution >= 0.6 is 11.6 Å². The van der Waals surface area contributed by atoms with E-state index in [0.29, 0.717) is 35.5 Å². The van der Waals surface area contributed by atoms with Crippen molar-refractivity contribution < 1.29 is 18.8 Å². The largest absolute Gasteiger partial charge is 0.484 e. The monoisotopic (exact) mass is 415 g/mol. The zero-order valence-electron chi connectivity index (χ0n) is 16.3. The Balaban J connectivity index is 1.41. The van der Waals surface area contributed by atoms with Crippen molar-refractivity contribution in [3.05, 3.63) is 70.8 Å². The van der Waals surface area contributed by atoms with Gasteiger partial charge in [0.25, 0.3) is 11.8 Å². The lowest BCUT2D eigenvalue weighted by atomic mass is 10.2. The molecule has 29 heavy (non-hydrogen) atoms. The smallest absolute Gasteiger partial charge is 0.264 e. The Kier molecular flexibility index (Phi) is 7.08. The Labute approximate surface area is 174 Å². The van der Waals surface area contributed by atoms with E-state index in [9.17, 15) is 4.79 Å². The number of likely N-dealkylation sites (N-methyl/N-ethyl adjacent to an activating group) is 1. The quantitative estimate of drug-likeness (QED) is 0.530. The first-order chi connectivity index (χ1) is 14.0. The van der Waals surface area contributed by atoms with Gasteiger partial charge < -0.3 is 18.9 Å². The molecule has 0 bridgehead atoms. The van der Waals surface area contributed by atoms with Gasteiger partial charge in [-0.1, -0.05) is 35.0 Å². The summed E-state index contributed by atoms with van der Waals surface area (Å²) in [6, 6.07) is 14.6. The van der Waals surface area contributed by atoms with E-state index in [-0.39, 0.29) is 19.1 Å². The fourth-order valence-electron chi connectivity index (χ4n) is 2.49. The van der Waals surface area contributed by atoms with Crippen LogP contribution in [0.4, 0.5) is 0 Å². The lowest BCUT2D eigenvalue weighted by Gasteiger charge is -2.16. The summed E-state index contributed by atoms with van der Waals surface area (Å²) in [5.74, 6) is 2.13. The van der Waals surface area contributed by atoms with Crippen molar-refractivity contribution in [3.63, 3.8) is 0 Å². The summed E-state index contributed by atoms with van der Waals surface area (Å²) in [5.41, 5.74) is 1.04. The molecule has 1 aromatic heterocycles. The first-order valence-electron chi connectivity index (χ1n) is 9.13. The minimum absolute atomic E-state index is 0.0557. The van der Waals surface area contributed by atoms with Gasteiger partial charge in [0.1, 0.15) is 11.5 Å². The van der Waals surface area contributed by atoms with E-state index in [1.165, 1.54) is 0 Å². The SMILES string of the molecule is Cc1ccccc1OCc1nc(CCN(C)C(=O)COc2ccc(Cl)cc2)no1. The maximum atomic E-state index is 12.2. The molecule has 0 aliphatic heterocycles. The van der Waals surface area contributed by atoms with Gasteiger partial charge in [-0.05, 0) is 42.8 Å². The molecular formula is C21H22ClN3O4. The van der Waals surface area contributed by atoms with E-state index in [4.69, 9.17) is 25.6 Å². The normalized spacial score (nSPS) is 10.6. The average molecular weight is 416 g/mol. The van der Waals surface area contributed by atoms with Gasteiger partial charge in [-0.25, -0.2) is 0 Å². The van der Waals surface area contributed by atoms with Gasteiger partial charge >= 0.3 is 0 Å². The van der Waals surface area contributed by atoms with Gasteiger partial charge in [0.15, 0.2) is 19.0 Å². The summed E-state index contributed by atoms with van der Waals surface area (Å²) in [5, 5.41) is 4.55. The van der Waals surface area contributed by atoms with E-state index in [1.807, 2.05) is 31.2 Å². The van der Waals surface area contributed by atoms with E-state index < -0.39 is 0 Å². The number of rotatable bonds is 9. The molecule has 0 spiro atoms. The highest BCUT2D eigenvalue weighted by Gasteiger charge is 2.13. The van der Waals surface area contributed by atoms with Crippen LogP contribution in [-0.2, 0) is 17.8 Å². The number of nitrogens with zero attached hydrogens (tertiary/aromatic N) is 3. The van der Waals surface area contributed by atoms with Crippen LogP contribution in [0.15, 0.2) is 53.1 Å². The van der Waals surface area contributed by atoms with Crippen molar-refractivity contribution in [3.8, 4) is 11.5 Å². The summed E-state index contributed by atoms with van der Waals surface area (Å²) in [7, 11) is 1.70. The molecule has 1 amide bonds. The lowest BCUT2D eigenvalue weighted by molar-refractivity contribution is -0.132. The van der Waals surface area contributed by atoms with Crippen molar-refractivity contribution in [2.24, 2.45) is 0 Å². The van der Waals surface area contributed by atoms with Crippen molar-refractivity contribution in [1.82, 2.24) is 15.0 Å². The second kappa shape index (κ2) is 9.93. The molecule has 3 rings (SSSR count). The third-order valence-electron chi connectivity index (χ3n) is 4.23. The number of aromatic nitrogens is 2. The topological polar surface area (TPSA) is 77.7 Å². The number of halogens is 1. The Hall–Kier alpha value is -3.06. The number of carbonyl (C=O) groups is 1. The zero-order valence-corrected chi connectivity index (χ0v) is 17.1. The van der Waals surface area contributed by atoms with Gasteiger partial charge in [-0.3, -0.25) is 4.79 Å². The number of carbonyl (C=O) groups excluding carboxylic acids is 1. The van der Waals surface area contributed by atoms with Crippen molar-refractivity contribution in [2.45, 2.75) is 20.0 Å². The van der Waals surface area contributed by atoms with Gasteiger partial charge in [0, 0.05) is 25.0 Å². The van der Waals surface area contributed by atoms with Crippen molar-refractivity contribution >= 4 is 17.5 Å². The third kappa shape index (κ3) is 6.22. The summed E-state index contributed by atoms with van der Waals surface area (Å²) in [6.07, 6.45) is 0.469. The molecule has 8 heteroatoms. The molecule has 3 aromatic rings. The second-order valence-electron chi connectivity index (χ2n) is 6.47. The van der Waals surface area contributed by atoms with Crippen LogP contribution in [0, 0.1) is 6.92 Å². The Bertz CT molecular complexity index is 943. The van der Waals surface area contributed by atoms with E-state index in [2.05, 4.69) is 10.1 Å². The fraction of sp³-hybridized carbons (Fsp3) is 0.286. The van der Waals surface area contributed by atoms with Gasteiger partial charge in [0.2, 0.25) is 0 Å². The van der Waals surface area contributed by atoms with E-state index in [0.717, 1.165) is 11.3 Å². The zero-order chi connectivity index (χ0) is 20.6. The number of aryl methyl sites for hydroxylation is 1. The van der Waals surface area contributed by atoms with Crippen LogP contribution in [0.3, 0.4) is 0 Å². The summed E-state index contributed by atoms with van der Waals surface area (Å²) < 4.78 is 16.4. The maximum Gasteiger partial charge on any atom is 0.264 e. The standard InChI is InChI=1S/C21H22ClN3O4/c1-15-5-3-4-6-18(15)28-13-20-23-19(24-29-20)11-12-25(2)21(26)14-27-17-9-7-16(22)8-10-17/h3-10H,11-14H2,1-2H3. The number of amides is 1. The molecule has 0 saturated heterocycles. The Morgan fingerprint density at radius 2 is 1.90 bits per heavy atom. The molecule has 0 atom stereocenters. The number of para-hydroxylation sites is 1. The molecule has 2 aromatic carbocycles. The van der Waals surface area contributed by atoms with Crippen molar-refractivity contribution in [1.29, 1.82) is 0 Å². The number of hydrogen-bond donors (Lipinski definition) is 0. The molecule has 0 N–H and O–H groups in total. The van der Waals surface area contributed by atoms with Crippen LogP contribution in [0.5, 0.6) is 11.5 Å². The van der Waals surface area contributed by atoms with Crippen LogP contribution < -0.4 is 9.47 Å². The van der Waals surface area contributed by atoms with Crippen LogP contribution in [-0.4, -0.2) is 41.1 Å². The molecule has 0 unspecified atom stereocenters. The lowest BCUT2D eigenvalue weighted by Crippen LogP contribution is -2.33. The highest BCUT2D eigenvalue weighted by molar-refractivity contribution is 6.30. The highest BCUT2D eigenvalue weighted by Crippen LogP contribution is 2.18. The molecule has 0 aliphatic rings. The molecule has 0 saturated carbocycles. The molecule has 1 heterocycles. The Morgan fingerprint density at radius 1 is 1.14 bits per heavy atom. The average Bonchev–Trinajstić information content (AvgIpc) is 3.18. The first-order valence-corrected chi connectivity index (χ1v) is 9.51. The highest BCUT2D eigenvalue weighted by atomic mass is 35.5. The molecule has 152 valence electrons. The number of hydrogen-bond acceptors (Lipinski definition) is 6. The molecule has 7 nitrogen and oxygen atoms in total. The minimum Gasteiger partial charge on any atom is -0.484 e. The minimum atomic E-state index is -0.147. The van der Waals surface area contributed by atoms with Gasteiger partial charge in [-0.15, -0.1) is 0 Å². The van der Waals surface area contributed by atoms with Gasteiger partial charge in [0.05, 0.1) is 0 Å². The summed E-state index contributed by atoms with van der Waals surface area (Å²) in [4.78, 5) is 18.1. The molecule has 0 radical (unpaired) electrons. The summed E-state index contributed by atoms with van der Waals surface area (Å²) in [6.45, 7) is 2.56. The molecule has 0 fully saturated rings. The Morgan fingerprint density at radius 3 is 2.66 bits per heavy atom. The predicted molar refractivity (Wildman–Crippen MR) is 108 cm³/mol. The molecular weight excluding hydrogens is 394 g/mol. The molecule has 0 aliphatic carbocycles. The van der Waals surface area contributed by atoms with Crippen LogP contribution in [0.25, 0.3) is 0 Å². The number of ether oxygens (including phenoxy) is 2. The van der Waals surface area contributed by atoms with Crippen molar-refractivity contribution in [2.75, 3.05) is 20.2 Å². The van der Waals surface area contributed by atoms with Crippen LogP contribution in [0.1, 0.15) is 17.3 Å². The maximum absolute atomic E-state index is 12.2.